The van der Waals surface area contributed by atoms with Gasteiger partial charge in [0.25, 0.3) is 5.91 Å². The Labute approximate surface area is 219 Å². The maximum absolute atomic E-state index is 12.4. The van der Waals surface area contributed by atoms with Crippen molar-refractivity contribution in [3.8, 4) is 0 Å². The van der Waals surface area contributed by atoms with Crippen molar-refractivity contribution in [1.82, 2.24) is 5.32 Å². The molecule has 0 unspecified atom stereocenters. The van der Waals surface area contributed by atoms with Gasteiger partial charge < -0.3 is 20.4 Å². The number of amides is 1. The summed E-state index contributed by atoms with van der Waals surface area (Å²) in [5.74, 6) is 0.403. The molecule has 5 rings (SSSR count). The number of hydrogen-bond donors (Lipinski definition) is 3. The van der Waals surface area contributed by atoms with Crippen molar-refractivity contribution < 1.29 is 24.6 Å². The minimum atomic E-state index is -1.08. The third-order valence-corrected chi connectivity index (χ3v) is 10.2. The maximum Gasteiger partial charge on any atom is 0.326 e. The number of nitrogens with one attached hydrogen (secondary N) is 1. The zero-order chi connectivity index (χ0) is 26.2. The largest absolute Gasteiger partial charge is 0.480 e. The molecule has 3 saturated carbocycles. The molecule has 1 aromatic carbocycles. The number of aliphatic hydroxyl groups excluding tert-OH is 1. The summed E-state index contributed by atoms with van der Waals surface area (Å²) >= 11 is 0. The molecule has 4 aliphatic carbocycles. The summed E-state index contributed by atoms with van der Waals surface area (Å²) in [5.41, 5.74) is 3.40. The Hall–Kier alpha value is -2.67. The lowest BCUT2D eigenvalue weighted by atomic mass is 9.47. The third kappa shape index (κ3) is 4.95. The number of carboxylic acid groups (broad SMARTS) is 1. The highest BCUT2D eigenvalue weighted by molar-refractivity contribution is 5.96. The van der Waals surface area contributed by atoms with Crippen molar-refractivity contribution in [2.24, 2.45) is 33.7 Å². The Balaban J connectivity index is 1.18. The lowest BCUT2D eigenvalue weighted by molar-refractivity contribution is -0.142. The molecule has 0 bridgehead atoms. The summed E-state index contributed by atoms with van der Waals surface area (Å²) in [5, 5.41) is 27.0. The lowest BCUT2D eigenvalue weighted by Crippen LogP contribution is -2.51. The van der Waals surface area contributed by atoms with Gasteiger partial charge in [-0.25, -0.2) is 4.79 Å². The SMILES string of the molecule is C[C@]12CC[C@@H]3[C@@H](CCC4=CC(=NOCC(=O)N[C@@H](Cc5ccccc5)C(=O)O)CC[C@@]43C)[C@@H]1CC[C@H]2O. The standard InChI is InChI=1S/C30H40N2O5/c1-29-14-12-21(32-37-18-27(34)31-25(28(35)36)16-19-6-4-3-5-7-19)17-20(29)8-9-22-23-10-11-26(33)30(23,2)15-13-24(22)29/h3-7,17,22-26,33H,8-16,18H2,1-2H3,(H,31,34)(H,35,36)/t22-,23-,24+,25-,26+,29-,30-/m0/s1. The highest BCUT2D eigenvalue weighted by Gasteiger charge is 2.58. The Bertz CT molecular complexity index is 1080. The van der Waals surface area contributed by atoms with Crippen LogP contribution in [0, 0.1) is 28.6 Å². The molecule has 1 amide bonds. The second kappa shape index (κ2) is 10.2. The van der Waals surface area contributed by atoms with Gasteiger partial charge in [-0.1, -0.05) is 54.9 Å². The first-order valence-corrected chi connectivity index (χ1v) is 13.8. The Kier molecular flexibility index (Phi) is 7.18. The number of nitrogens with zero attached hydrogens (tertiary/aromatic N) is 1. The molecule has 0 spiro atoms. The molecule has 200 valence electrons. The lowest BCUT2D eigenvalue weighted by Gasteiger charge is -2.57. The van der Waals surface area contributed by atoms with E-state index in [1.807, 2.05) is 30.3 Å². The van der Waals surface area contributed by atoms with E-state index < -0.39 is 17.9 Å². The molecule has 0 aromatic heterocycles. The molecular formula is C30H40N2O5. The molecule has 7 nitrogen and oxygen atoms in total. The van der Waals surface area contributed by atoms with E-state index in [1.54, 1.807) is 0 Å². The molecule has 1 aromatic rings. The van der Waals surface area contributed by atoms with Gasteiger partial charge in [-0.3, -0.25) is 4.79 Å². The predicted molar refractivity (Wildman–Crippen MR) is 141 cm³/mol. The molecule has 7 heteroatoms. The molecule has 0 aliphatic heterocycles. The fourth-order valence-corrected chi connectivity index (χ4v) is 8.08. The van der Waals surface area contributed by atoms with E-state index in [4.69, 9.17) is 4.84 Å². The van der Waals surface area contributed by atoms with Gasteiger partial charge in [0.2, 0.25) is 0 Å². The summed E-state index contributed by atoms with van der Waals surface area (Å²) in [6.07, 6.45) is 10.7. The average Bonchev–Trinajstić information content (AvgIpc) is 3.18. The van der Waals surface area contributed by atoms with Crippen LogP contribution in [-0.2, 0) is 20.8 Å². The minimum absolute atomic E-state index is 0.0924. The number of oxime groups is 1. The van der Waals surface area contributed by atoms with E-state index in [0.717, 1.165) is 49.8 Å². The zero-order valence-electron chi connectivity index (χ0n) is 22.0. The van der Waals surface area contributed by atoms with Crippen LogP contribution in [0.4, 0.5) is 0 Å². The van der Waals surface area contributed by atoms with Gasteiger partial charge in [-0.05, 0) is 91.6 Å². The molecule has 0 heterocycles. The van der Waals surface area contributed by atoms with Crippen LogP contribution in [0.5, 0.6) is 0 Å². The van der Waals surface area contributed by atoms with Crippen LogP contribution in [0.25, 0.3) is 0 Å². The van der Waals surface area contributed by atoms with Crippen LogP contribution in [0.15, 0.2) is 47.1 Å². The first kappa shape index (κ1) is 26.0. The topological polar surface area (TPSA) is 108 Å². The molecular weight excluding hydrogens is 468 g/mol. The van der Waals surface area contributed by atoms with Crippen molar-refractivity contribution in [2.75, 3.05) is 6.61 Å². The van der Waals surface area contributed by atoms with Crippen LogP contribution in [-0.4, -0.2) is 46.6 Å². The third-order valence-electron chi connectivity index (χ3n) is 10.2. The summed E-state index contributed by atoms with van der Waals surface area (Å²) in [6.45, 7) is 4.43. The molecule has 0 saturated heterocycles. The number of hydrogen-bond acceptors (Lipinski definition) is 5. The first-order chi connectivity index (χ1) is 17.7. The van der Waals surface area contributed by atoms with E-state index in [9.17, 15) is 19.8 Å². The molecule has 3 N–H and O–H groups in total. The Morgan fingerprint density at radius 3 is 2.62 bits per heavy atom. The van der Waals surface area contributed by atoms with E-state index in [1.165, 1.54) is 18.4 Å². The predicted octanol–water partition coefficient (Wildman–Crippen LogP) is 4.49. The number of allylic oxidation sites excluding steroid dienone is 2. The molecule has 37 heavy (non-hydrogen) atoms. The van der Waals surface area contributed by atoms with E-state index in [-0.39, 0.29) is 30.0 Å². The number of rotatable bonds is 7. The Morgan fingerprint density at radius 2 is 1.86 bits per heavy atom. The van der Waals surface area contributed by atoms with Gasteiger partial charge >= 0.3 is 5.97 Å². The summed E-state index contributed by atoms with van der Waals surface area (Å²) in [6, 6.07) is 8.21. The van der Waals surface area contributed by atoms with Gasteiger partial charge in [0.15, 0.2) is 6.61 Å². The number of aliphatic hydroxyl groups is 1. The summed E-state index contributed by atoms with van der Waals surface area (Å²) in [7, 11) is 0. The highest BCUT2D eigenvalue weighted by Crippen LogP contribution is 2.65. The number of fused-ring (bicyclic) bond motifs is 5. The van der Waals surface area contributed by atoms with Gasteiger partial charge in [-0.2, -0.15) is 0 Å². The average molecular weight is 509 g/mol. The van der Waals surface area contributed by atoms with Crippen molar-refractivity contribution in [3.63, 3.8) is 0 Å². The molecule has 7 atom stereocenters. The van der Waals surface area contributed by atoms with Gasteiger partial charge in [0.1, 0.15) is 6.04 Å². The number of aliphatic carboxylic acids is 1. The quantitative estimate of drug-likeness (QED) is 0.470. The number of carbonyl (C=O) groups excluding carboxylic acids is 1. The number of carboxylic acids is 1. The molecule has 0 radical (unpaired) electrons. The maximum atomic E-state index is 12.4. The van der Waals surface area contributed by atoms with E-state index in [2.05, 4.69) is 30.4 Å². The number of carbonyl (C=O) groups is 2. The first-order valence-electron chi connectivity index (χ1n) is 13.8. The minimum Gasteiger partial charge on any atom is -0.480 e. The van der Waals surface area contributed by atoms with Crippen LogP contribution >= 0.6 is 0 Å². The zero-order valence-corrected chi connectivity index (χ0v) is 22.0. The van der Waals surface area contributed by atoms with Crippen LogP contribution in [0.1, 0.15) is 70.8 Å². The fraction of sp³-hybridized carbons (Fsp3) is 0.633. The van der Waals surface area contributed by atoms with Crippen molar-refractivity contribution in [1.29, 1.82) is 0 Å². The smallest absolute Gasteiger partial charge is 0.326 e. The van der Waals surface area contributed by atoms with E-state index in [0.29, 0.717) is 17.8 Å². The fourth-order valence-electron chi connectivity index (χ4n) is 8.08. The summed E-state index contributed by atoms with van der Waals surface area (Å²) < 4.78 is 0. The van der Waals surface area contributed by atoms with Crippen molar-refractivity contribution in [2.45, 2.75) is 83.8 Å². The summed E-state index contributed by atoms with van der Waals surface area (Å²) in [4.78, 5) is 29.4. The van der Waals surface area contributed by atoms with Gasteiger partial charge in [-0.15, -0.1) is 0 Å². The number of benzene rings is 1. The molecule has 3 fully saturated rings. The molecule has 4 aliphatic rings. The highest BCUT2D eigenvalue weighted by atomic mass is 16.6. The van der Waals surface area contributed by atoms with E-state index >= 15 is 0 Å². The van der Waals surface area contributed by atoms with Crippen molar-refractivity contribution in [3.05, 3.63) is 47.5 Å². The van der Waals surface area contributed by atoms with Gasteiger partial charge in [0, 0.05) is 6.42 Å². The van der Waals surface area contributed by atoms with Crippen LogP contribution in [0.2, 0.25) is 0 Å². The second-order valence-corrected chi connectivity index (χ2v) is 12.1. The van der Waals surface area contributed by atoms with Gasteiger partial charge in [0.05, 0.1) is 11.8 Å². The Morgan fingerprint density at radius 1 is 1.08 bits per heavy atom. The normalized spacial score (nSPS) is 36.5. The monoisotopic (exact) mass is 508 g/mol. The van der Waals surface area contributed by atoms with Crippen molar-refractivity contribution >= 4 is 17.6 Å². The van der Waals surface area contributed by atoms with Crippen LogP contribution in [0.3, 0.4) is 0 Å². The second-order valence-electron chi connectivity index (χ2n) is 12.1. The van der Waals surface area contributed by atoms with Crippen LogP contribution < -0.4 is 5.32 Å².